The van der Waals surface area contributed by atoms with Crippen molar-refractivity contribution in [1.29, 1.82) is 0 Å². The molecule has 0 spiro atoms. The maximum absolute atomic E-state index is 2.34. The average Bonchev–Trinajstić information content (AvgIpc) is 2.33. The van der Waals surface area contributed by atoms with Gasteiger partial charge in [-0.3, -0.25) is 0 Å². The van der Waals surface area contributed by atoms with Gasteiger partial charge in [-0.1, -0.05) is 18.1 Å². The summed E-state index contributed by atoms with van der Waals surface area (Å²) >= 11 is 0. The van der Waals surface area contributed by atoms with E-state index in [1.165, 1.54) is 19.3 Å². The minimum absolute atomic E-state index is 0.968. The Morgan fingerprint density at radius 1 is 1.57 bits per heavy atom. The molecule has 0 aromatic heterocycles. The lowest BCUT2D eigenvalue weighted by molar-refractivity contribution is 0.642. The Balaban J connectivity index is 2.24. The molecule has 38 valence electrons. The molecule has 0 heterocycles. The van der Waals surface area contributed by atoms with Gasteiger partial charge in [0, 0.05) is 0 Å². The van der Waals surface area contributed by atoms with Crippen LogP contribution in [0.5, 0.6) is 0 Å². The monoisotopic (exact) mass is 94.1 g/mol. The van der Waals surface area contributed by atoms with Gasteiger partial charge in [0.05, 0.1) is 0 Å². The molecule has 0 bridgehead atoms. The number of hydrogen-bond acceptors (Lipinski definition) is 0. The van der Waals surface area contributed by atoms with Crippen LogP contribution in [-0.4, -0.2) is 0 Å². The largest absolute Gasteiger partial charge is 0.0663 e. The summed E-state index contributed by atoms with van der Waals surface area (Å²) in [5.74, 6) is 0.968. The predicted molar refractivity (Wildman–Crippen MR) is 30.0 cm³/mol. The third kappa shape index (κ3) is 0.370. The van der Waals surface area contributed by atoms with E-state index in [1.54, 1.807) is 11.1 Å². The Kier molecular flexibility index (Phi) is 0.495. The summed E-state index contributed by atoms with van der Waals surface area (Å²) in [6.45, 7) is 2.34. The third-order valence-corrected chi connectivity index (χ3v) is 2.21. The van der Waals surface area contributed by atoms with Crippen LogP contribution in [0.15, 0.2) is 11.1 Å². The van der Waals surface area contributed by atoms with Crippen molar-refractivity contribution in [3.8, 4) is 0 Å². The summed E-state index contributed by atoms with van der Waals surface area (Å²) in [6, 6.07) is 0. The zero-order valence-corrected chi connectivity index (χ0v) is 4.70. The van der Waals surface area contributed by atoms with Crippen LogP contribution in [0.2, 0.25) is 0 Å². The van der Waals surface area contributed by atoms with Crippen molar-refractivity contribution in [2.75, 3.05) is 0 Å². The highest BCUT2D eigenvalue weighted by atomic mass is 14.4. The molecule has 0 saturated heterocycles. The molecule has 0 unspecified atom stereocenters. The van der Waals surface area contributed by atoms with Crippen molar-refractivity contribution in [1.82, 2.24) is 0 Å². The fourth-order valence-electron chi connectivity index (χ4n) is 1.52. The van der Waals surface area contributed by atoms with Gasteiger partial charge in [-0.15, -0.1) is 0 Å². The molecule has 0 aromatic carbocycles. The van der Waals surface area contributed by atoms with E-state index >= 15 is 0 Å². The third-order valence-electron chi connectivity index (χ3n) is 2.21. The van der Waals surface area contributed by atoms with Gasteiger partial charge in [-0.2, -0.15) is 0 Å². The first kappa shape index (κ1) is 3.71. The van der Waals surface area contributed by atoms with Crippen molar-refractivity contribution in [3.05, 3.63) is 11.1 Å². The zero-order valence-electron chi connectivity index (χ0n) is 4.70. The predicted octanol–water partition coefficient (Wildman–Crippen LogP) is 2.12. The van der Waals surface area contributed by atoms with E-state index in [-0.39, 0.29) is 0 Å². The van der Waals surface area contributed by atoms with E-state index in [0.717, 1.165) is 5.92 Å². The molecule has 0 amide bonds. The number of allylic oxidation sites excluding steroid dienone is 2. The first-order chi connectivity index (χ1) is 3.38. The molecule has 0 fully saturated rings. The fourth-order valence-corrected chi connectivity index (χ4v) is 1.52. The van der Waals surface area contributed by atoms with Gasteiger partial charge in [0.2, 0.25) is 0 Å². The van der Waals surface area contributed by atoms with Crippen LogP contribution in [-0.2, 0) is 0 Å². The Labute approximate surface area is 44.2 Å². The molecule has 1 atom stereocenters. The van der Waals surface area contributed by atoms with Crippen LogP contribution < -0.4 is 0 Å². The Morgan fingerprint density at radius 2 is 2.43 bits per heavy atom. The molecule has 0 radical (unpaired) electrons. The summed E-state index contributed by atoms with van der Waals surface area (Å²) in [4.78, 5) is 0. The van der Waals surface area contributed by atoms with E-state index < -0.39 is 0 Å². The fraction of sp³-hybridized carbons (Fsp3) is 0.714. The molecule has 0 saturated carbocycles. The van der Waals surface area contributed by atoms with Crippen LogP contribution in [0.1, 0.15) is 26.2 Å². The maximum atomic E-state index is 2.34. The smallest absolute Gasteiger partial charge is 0.0100 e. The normalized spacial score (nSPS) is 36.4. The molecule has 0 nitrogen and oxygen atoms in total. The summed E-state index contributed by atoms with van der Waals surface area (Å²) < 4.78 is 0. The van der Waals surface area contributed by atoms with Crippen molar-refractivity contribution in [3.63, 3.8) is 0 Å². The second-order valence-corrected chi connectivity index (χ2v) is 2.75. The lowest BCUT2D eigenvalue weighted by Crippen LogP contribution is -1.86. The van der Waals surface area contributed by atoms with Gasteiger partial charge in [0.1, 0.15) is 0 Å². The van der Waals surface area contributed by atoms with Crippen LogP contribution in [0.4, 0.5) is 0 Å². The lowest BCUT2D eigenvalue weighted by atomic mass is 10.1. The second kappa shape index (κ2) is 0.936. The van der Waals surface area contributed by atoms with Crippen molar-refractivity contribution in [2.45, 2.75) is 26.2 Å². The Morgan fingerprint density at radius 3 is 2.57 bits per heavy atom. The molecule has 0 heteroatoms. The topological polar surface area (TPSA) is 0 Å². The van der Waals surface area contributed by atoms with Crippen molar-refractivity contribution in [2.24, 2.45) is 5.92 Å². The van der Waals surface area contributed by atoms with Crippen LogP contribution >= 0.6 is 0 Å². The minimum atomic E-state index is 0.968. The van der Waals surface area contributed by atoms with Gasteiger partial charge in [0.25, 0.3) is 0 Å². The van der Waals surface area contributed by atoms with E-state index in [4.69, 9.17) is 0 Å². The summed E-state index contributed by atoms with van der Waals surface area (Å²) in [5, 5.41) is 0. The molecular formula is C7H10. The first-order valence-corrected chi connectivity index (χ1v) is 3.08. The Hall–Kier alpha value is -0.260. The highest BCUT2D eigenvalue weighted by molar-refractivity contribution is 5.40. The van der Waals surface area contributed by atoms with E-state index in [9.17, 15) is 0 Å². The standard InChI is InChI=1S/C7H10/c1-5-2-3-6-4-7(5)6/h5H,2-4H2,1H3/t5-/m0/s1. The maximum Gasteiger partial charge on any atom is -0.0100 e. The summed E-state index contributed by atoms with van der Waals surface area (Å²) in [5.41, 5.74) is 3.58. The first-order valence-electron chi connectivity index (χ1n) is 3.08. The molecular weight excluding hydrogens is 84.1 g/mol. The van der Waals surface area contributed by atoms with Gasteiger partial charge < -0.3 is 0 Å². The van der Waals surface area contributed by atoms with E-state index in [1.807, 2.05) is 0 Å². The quantitative estimate of drug-likeness (QED) is 0.403. The lowest BCUT2D eigenvalue weighted by Gasteiger charge is -1.99. The number of rotatable bonds is 0. The zero-order chi connectivity index (χ0) is 4.85. The molecule has 2 rings (SSSR count). The van der Waals surface area contributed by atoms with Crippen molar-refractivity contribution < 1.29 is 0 Å². The van der Waals surface area contributed by atoms with E-state index in [2.05, 4.69) is 6.92 Å². The molecule has 0 N–H and O–H groups in total. The van der Waals surface area contributed by atoms with Crippen LogP contribution in [0.25, 0.3) is 0 Å². The minimum Gasteiger partial charge on any atom is -0.0663 e. The van der Waals surface area contributed by atoms with Crippen molar-refractivity contribution >= 4 is 0 Å². The van der Waals surface area contributed by atoms with Gasteiger partial charge in [-0.25, -0.2) is 0 Å². The average molecular weight is 94.2 g/mol. The molecule has 7 heavy (non-hydrogen) atoms. The molecule has 2 aliphatic rings. The highest BCUT2D eigenvalue weighted by Gasteiger charge is 2.31. The molecule has 0 aliphatic heterocycles. The molecule has 2 aliphatic carbocycles. The SMILES string of the molecule is C[C@H]1CCC2=C1C2. The van der Waals surface area contributed by atoms with Gasteiger partial charge in [-0.05, 0) is 25.2 Å². The van der Waals surface area contributed by atoms with Crippen LogP contribution in [0, 0.1) is 5.92 Å². The van der Waals surface area contributed by atoms with Crippen LogP contribution in [0.3, 0.4) is 0 Å². The number of hydrogen-bond donors (Lipinski definition) is 0. The van der Waals surface area contributed by atoms with Gasteiger partial charge in [0.15, 0.2) is 0 Å². The Bertz CT molecular complexity index is 131. The highest BCUT2D eigenvalue weighted by Crippen LogP contribution is 2.48. The van der Waals surface area contributed by atoms with E-state index in [0.29, 0.717) is 0 Å². The summed E-state index contributed by atoms with van der Waals surface area (Å²) in [6.07, 6.45) is 4.28. The molecule has 0 aromatic rings. The summed E-state index contributed by atoms with van der Waals surface area (Å²) in [7, 11) is 0. The second-order valence-electron chi connectivity index (χ2n) is 2.75. The van der Waals surface area contributed by atoms with Gasteiger partial charge >= 0.3 is 0 Å².